The molecular formula is C14H18F2N2O3. The molecule has 0 aliphatic carbocycles. The van der Waals surface area contributed by atoms with E-state index in [2.05, 4.69) is 5.32 Å². The van der Waals surface area contributed by atoms with Gasteiger partial charge in [-0.05, 0) is 18.9 Å². The van der Waals surface area contributed by atoms with Crippen LogP contribution in [-0.4, -0.2) is 35.1 Å². The van der Waals surface area contributed by atoms with Crippen LogP contribution in [0.4, 0.5) is 19.3 Å². The van der Waals surface area contributed by atoms with E-state index in [-0.39, 0.29) is 11.7 Å². The molecule has 21 heavy (non-hydrogen) atoms. The zero-order valence-corrected chi connectivity index (χ0v) is 12.1. The monoisotopic (exact) mass is 300 g/mol. The molecule has 0 aliphatic rings. The normalized spacial score (nSPS) is 10.6. The molecule has 0 spiro atoms. The maximum atomic E-state index is 13.6. The topological polar surface area (TPSA) is 69.6 Å². The van der Waals surface area contributed by atoms with Crippen LogP contribution in [0.25, 0.3) is 0 Å². The fourth-order valence-electron chi connectivity index (χ4n) is 2.01. The van der Waals surface area contributed by atoms with Crippen LogP contribution in [0.15, 0.2) is 12.1 Å². The van der Waals surface area contributed by atoms with Gasteiger partial charge in [0.2, 0.25) is 0 Å². The van der Waals surface area contributed by atoms with Crippen molar-refractivity contribution in [3.8, 4) is 0 Å². The third-order valence-electron chi connectivity index (χ3n) is 3.34. The lowest BCUT2D eigenvalue weighted by molar-refractivity contribution is 0.0691. The van der Waals surface area contributed by atoms with E-state index in [4.69, 9.17) is 5.11 Å². The van der Waals surface area contributed by atoms with E-state index in [1.807, 2.05) is 13.8 Å². The number of amides is 2. The molecule has 0 saturated heterocycles. The van der Waals surface area contributed by atoms with Gasteiger partial charge in [0.05, 0.1) is 11.3 Å². The molecule has 1 aromatic carbocycles. The van der Waals surface area contributed by atoms with Gasteiger partial charge in [0.15, 0.2) is 0 Å². The Morgan fingerprint density at radius 2 is 1.81 bits per heavy atom. The molecule has 0 radical (unpaired) electrons. The molecule has 5 nitrogen and oxygen atoms in total. The molecule has 0 fully saturated rings. The number of hydrogen-bond acceptors (Lipinski definition) is 2. The van der Waals surface area contributed by atoms with Gasteiger partial charge in [0.1, 0.15) is 11.6 Å². The number of carbonyl (C=O) groups is 2. The number of anilines is 1. The fraction of sp³-hybridized carbons (Fsp3) is 0.429. The van der Waals surface area contributed by atoms with Gasteiger partial charge in [-0.1, -0.05) is 13.8 Å². The van der Waals surface area contributed by atoms with Gasteiger partial charge >= 0.3 is 12.0 Å². The average Bonchev–Trinajstić information content (AvgIpc) is 2.42. The number of carboxylic acid groups (broad SMARTS) is 1. The Morgan fingerprint density at radius 3 is 2.29 bits per heavy atom. The van der Waals surface area contributed by atoms with Crippen molar-refractivity contribution in [2.24, 2.45) is 0 Å². The van der Waals surface area contributed by atoms with Crippen LogP contribution < -0.4 is 5.32 Å². The van der Waals surface area contributed by atoms with Gasteiger partial charge in [-0.15, -0.1) is 0 Å². The summed E-state index contributed by atoms with van der Waals surface area (Å²) in [6, 6.07) is 0.611. The lowest BCUT2D eigenvalue weighted by atomic mass is 10.1. The van der Waals surface area contributed by atoms with Crippen molar-refractivity contribution in [3.05, 3.63) is 29.3 Å². The first-order valence-corrected chi connectivity index (χ1v) is 6.57. The summed E-state index contributed by atoms with van der Waals surface area (Å²) in [5.74, 6) is -3.74. The van der Waals surface area contributed by atoms with Crippen molar-refractivity contribution in [3.63, 3.8) is 0 Å². The zero-order valence-electron chi connectivity index (χ0n) is 12.1. The number of carbonyl (C=O) groups excluding carboxylic acids is 1. The molecule has 2 amide bonds. The summed E-state index contributed by atoms with van der Waals surface area (Å²) in [6.45, 7) is 3.83. The second-order valence-electron chi connectivity index (χ2n) is 4.63. The van der Waals surface area contributed by atoms with Crippen molar-refractivity contribution in [2.45, 2.75) is 32.7 Å². The summed E-state index contributed by atoms with van der Waals surface area (Å²) in [6.07, 6.45) is 1.46. The predicted molar refractivity (Wildman–Crippen MR) is 74.5 cm³/mol. The SMILES string of the molecule is CCC(CC)N(C)C(=O)Nc1cc(C(=O)O)c(F)cc1F. The molecule has 1 rings (SSSR count). The number of hydrogen-bond donors (Lipinski definition) is 2. The Bertz CT molecular complexity index is 545. The fourth-order valence-corrected chi connectivity index (χ4v) is 2.01. The highest BCUT2D eigenvalue weighted by atomic mass is 19.1. The summed E-state index contributed by atoms with van der Waals surface area (Å²) in [7, 11) is 1.56. The Kier molecular flexibility index (Phi) is 5.63. The van der Waals surface area contributed by atoms with E-state index >= 15 is 0 Å². The van der Waals surface area contributed by atoms with E-state index in [0.717, 1.165) is 18.9 Å². The standard InChI is InChI=1S/C14H18F2N2O3/c1-4-8(5-2)18(3)14(21)17-12-6-9(13(19)20)10(15)7-11(12)16/h6-8H,4-5H2,1-3H3,(H,17,21)(H,19,20). The van der Waals surface area contributed by atoms with Crippen LogP contribution in [0.1, 0.15) is 37.0 Å². The highest BCUT2D eigenvalue weighted by Gasteiger charge is 2.20. The van der Waals surface area contributed by atoms with E-state index in [1.54, 1.807) is 7.05 Å². The van der Waals surface area contributed by atoms with Gasteiger partial charge in [-0.3, -0.25) is 0 Å². The molecule has 0 unspecified atom stereocenters. The molecule has 116 valence electrons. The molecule has 0 bridgehead atoms. The molecule has 0 aliphatic heterocycles. The summed E-state index contributed by atoms with van der Waals surface area (Å²) in [5, 5.41) is 11.1. The van der Waals surface area contributed by atoms with Gasteiger partial charge < -0.3 is 15.3 Å². The second-order valence-corrected chi connectivity index (χ2v) is 4.63. The van der Waals surface area contributed by atoms with E-state index in [0.29, 0.717) is 6.07 Å². The number of aromatic carboxylic acids is 1. The van der Waals surface area contributed by atoms with Gasteiger partial charge in [0.25, 0.3) is 0 Å². The molecule has 0 heterocycles. The van der Waals surface area contributed by atoms with E-state index in [1.165, 1.54) is 4.90 Å². The van der Waals surface area contributed by atoms with Gasteiger partial charge in [-0.25, -0.2) is 18.4 Å². The highest BCUT2D eigenvalue weighted by molar-refractivity contribution is 5.93. The number of nitrogens with one attached hydrogen (secondary N) is 1. The molecular weight excluding hydrogens is 282 g/mol. The minimum atomic E-state index is -1.53. The molecule has 0 saturated carbocycles. The van der Waals surface area contributed by atoms with Crippen LogP contribution >= 0.6 is 0 Å². The maximum absolute atomic E-state index is 13.6. The first-order chi connectivity index (χ1) is 9.81. The summed E-state index contributed by atoms with van der Waals surface area (Å²) >= 11 is 0. The number of carboxylic acids is 1. The summed E-state index contributed by atoms with van der Waals surface area (Å²) < 4.78 is 26.9. The van der Waals surface area contributed by atoms with Crippen LogP contribution in [-0.2, 0) is 0 Å². The minimum absolute atomic E-state index is 0.0209. The number of rotatable bonds is 5. The van der Waals surface area contributed by atoms with E-state index < -0.39 is 29.2 Å². The lowest BCUT2D eigenvalue weighted by Crippen LogP contribution is -2.39. The predicted octanol–water partition coefficient (Wildman–Crippen LogP) is 3.32. The van der Waals surface area contributed by atoms with Gasteiger partial charge in [-0.2, -0.15) is 0 Å². The van der Waals surface area contributed by atoms with Crippen molar-refractivity contribution in [1.82, 2.24) is 4.90 Å². The van der Waals surface area contributed by atoms with E-state index in [9.17, 15) is 18.4 Å². The molecule has 0 aromatic heterocycles. The first kappa shape index (κ1) is 16.9. The van der Waals surface area contributed by atoms with Crippen molar-refractivity contribution in [2.75, 3.05) is 12.4 Å². The average molecular weight is 300 g/mol. The quantitative estimate of drug-likeness (QED) is 0.876. The van der Waals surface area contributed by atoms with Crippen molar-refractivity contribution in [1.29, 1.82) is 0 Å². The third-order valence-corrected chi connectivity index (χ3v) is 3.34. The maximum Gasteiger partial charge on any atom is 0.338 e. The lowest BCUT2D eigenvalue weighted by Gasteiger charge is -2.26. The number of benzene rings is 1. The summed E-state index contributed by atoms with van der Waals surface area (Å²) in [5.41, 5.74) is -1.06. The second kappa shape index (κ2) is 7.01. The number of urea groups is 1. The molecule has 1 aromatic rings. The Labute approximate surface area is 121 Å². The highest BCUT2D eigenvalue weighted by Crippen LogP contribution is 2.20. The number of nitrogens with zero attached hydrogens (tertiary/aromatic N) is 1. The zero-order chi connectivity index (χ0) is 16.2. The largest absolute Gasteiger partial charge is 0.478 e. The number of halogens is 2. The van der Waals surface area contributed by atoms with Gasteiger partial charge in [0, 0.05) is 19.2 Å². The molecule has 7 heteroatoms. The van der Waals surface area contributed by atoms with Crippen molar-refractivity contribution >= 4 is 17.7 Å². The Balaban J connectivity index is 3.00. The first-order valence-electron chi connectivity index (χ1n) is 6.57. The molecule has 2 N–H and O–H groups in total. The van der Waals surface area contributed by atoms with Crippen LogP contribution in [0.2, 0.25) is 0 Å². The van der Waals surface area contributed by atoms with Crippen LogP contribution in [0, 0.1) is 11.6 Å². The molecule has 0 atom stereocenters. The third kappa shape index (κ3) is 3.90. The summed E-state index contributed by atoms with van der Waals surface area (Å²) in [4.78, 5) is 24.2. The minimum Gasteiger partial charge on any atom is -0.478 e. The van der Waals surface area contributed by atoms with Crippen molar-refractivity contribution < 1.29 is 23.5 Å². The van der Waals surface area contributed by atoms with Crippen LogP contribution in [0.3, 0.4) is 0 Å². The Morgan fingerprint density at radius 1 is 1.24 bits per heavy atom. The smallest absolute Gasteiger partial charge is 0.338 e. The Hall–Kier alpha value is -2.18. The van der Waals surface area contributed by atoms with Crippen LogP contribution in [0.5, 0.6) is 0 Å².